The molecule has 1 N–H and O–H groups in total. The molecular weight excluding hydrogens is 390 g/mol. The number of benzene rings is 1. The minimum Gasteiger partial charge on any atom is -0.465 e. The Morgan fingerprint density at radius 1 is 1.14 bits per heavy atom. The zero-order chi connectivity index (χ0) is 20.4. The maximum Gasteiger partial charge on any atom is 0.254 e. The molecule has 0 aliphatic carbocycles. The van der Waals surface area contributed by atoms with Crippen molar-refractivity contribution in [1.82, 2.24) is 14.6 Å². The number of pyridine rings is 1. The smallest absolute Gasteiger partial charge is 0.254 e. The maximum atomic E-state index is 12.7. The Morgan fingerprint density at radius 3 is 2.66 bits per heavy atom. The number of nitrogens with zero attached hydrogens (tertiary/aromatic N) is 2. The molecule has 7 nitrogen and oxygen atoms in total. The normalized spacial score (nSPS) is 13.9. The quantitative estimate of drug-likeness (QED) is 0.697. The fraction of sp³-hybridized carbons (Fsp3) is 0.238. The summed E-state index contributed by atoms with van der Waals surface area (Å²) in [7, 11) is -3.69. The van der Waals surface area contributed by atoms with Crippen LogP contribution < -0.4 is 4.72 Å². The molecule has 1 amide bonds. The van der Waals surface area contributed by atoms with Crippen LogP contribution in [-0.4, -0.2) is 30.8 Å². The predicted molar refractivity (Wildman–Crippen MR) is 107 cm³/mol. The fourth-order valence-electron chi connectivity index (χ4n) is 3.38. The van der Waals surface area contributed by atoms with E-state index < -0.39 is 10.0 Å². The van der Waals surface area contributed by atoms with Crippen molar-refractivity contribution in [1.29, 1.82) is 0 Å². The molecule has 1 aromatic carbocycles. The Hall–Kier alpha value is -2.97. The molecule has 29 heavy (non-hydrogen) atoms. The first-order valence-electron chi connectivity index (χ1n) is 9.28. The van der Waals surface area contributed by atoms with Crippen molar-refractivity contribution in [3.05, 3.63) is 83.1 Å². The number of aryl methyl sites for hydroxylation is 1. The van der Waals surface area contributed by atoms with Crippen molar-refractivity contribution in [2.45, 2.75) is 31.3 Å². The minimum atomic E-state index is -3.69. The molecule has 0 atom stereocenters. The number of sulfonamides is 1. The van der Waals surface area contributed by atoms with Gasteiger partial charge >= 0.3 is 0 Å². The van der Waals surface area contributed by atoms with E-state index in [4.69, 9.17) is 4.42 Å². The van der Waals surface area contributed by atoms with Crippen LogP contribution in [0.15, 0.2) is 64.2 Å². The summed E-state index contributed by atoms with van der Waals surface area (Å²) < 4.78 is 33.4. The molecule has 0 spiro atoms. The van der Waals surface area contributed by atoms with Crippen molar-refractivity contribution in [2.75, 3.05) is 6.54 Å². The summed E-state index contributed by atoms with van der Waals surface area (Å²) in [5.74, 6) is 1.20. The van der Waals surface area contributed by atoms with Gasteiger partial charge in [-0.05, 0) is 60.9 Å². The Balaban J connectivity index is 1.51. The largest absolute Gasteiger partial charge is 0.465 e. The molecular formula is C21H21N3O4S. The van der Waals surface area contributed by atoms with Gasteiger partial charge in [0.25, 0.3) is 5.91 Å². The molecule has 0 fully saturated rings. The van der Waals surface area contributed by atoms with Crippen molar-refractivity contribution in [3.63, 3.8) is 0 Å². The number of fused-ring (bicyclic) bond motifs is 1. The van der Waals surface area contributed by atoms with Crippen LogP contribution in [0.1, 0.15) is 33.0 Å². The van der Waals surface area contributed by atoms with Crippen molar-refractivity contribution >= 4 is 15.9 Å². The highest BCUT2D eigenvalue weighted by Gasteiger charge is 2.24. The van der Waals surface area contributed by atoms with Gasteiger partial charge in [-0.1, -0.05) is 6.07 Å². The first kappa shape index (κ1) is 19.4. The molecule has 3 heterocycles. The molecule has 0 radical (unpaired) electrons. The summed E-state index contributed by atoms with van der Waals surface area (Å²) in [5, 5.41) is 0. The number of furan rings is 1. The van der Waals surface area contributed by atoms with E-state index in [1.807, 2.05) is 6.07 Å². The second kappa shape index (κ2) is 7.81. The molecule has 0 saturated carbocycles. The third-order valence-corrected chi connectivity index (χ3v) is 6.35. The van der Waals surface area contributed by atoms with E-state index in [1.165, 1.54) is 0 Å². The van der Waals surface area contributed by atoms with Gasteiger partial charge < -0.3 is 9.32 Å². The molecule has 4 rings (SSSR count). The molecule has 2 aromatic heterocycles. The van der Waals surface area contributed by atoms with Crippen molar-refractivity contribution < 1.29 is 17.6 Å². The van der Waals surface area contributed by atoms with Gasteiger partial charge in [-0.3, -0.25) is 9.78 Å². The average molecular weight is 411 g/mol. The zero-order valence-electron chi connectivity index (χ0n) is 16.0. The van der Waals surface area contributed by atoms with Crippen LogP contribution >= 0.6 is 0 Å². The highest BCUT2D eigenvalue weighted by atomic mass is 32.2. The number of carbonyl (C=O) groups excluding carboxylic acids is 1. The number of rotatable bonds is 5. The van der Waals surface area contributed by atoms with Gasteiger partial charge in [0.05, 0.1) is 11.4 Å². The highest BCUT2D eigenvalue weighted by molar-refractivity contribution is 7.89. The lowest BCUT2D eigenvalue weighted by molar-refractivity contribution is 0.0734. The van der Waals surface area contributed by atoms with Crippen LogP contribution in [-0.2, 0) is 29.5 Å². The number of hydrogen-bond acceptors (Lipinski definition) is 5. The van der Waals surface area contributed by atoms with E-state index in [9.17, 15) is 13.2 Å². The molecule has 3 aromatic rings. The molecule has 0 bridgehead atoms. The van der Waals surface area contributed by atoms with Crippen LogP contribution in [0.2, 0.25) is 0 Å². The summed E-state index contributed by atoms with van der Waals surface area (Å²) >= 11 is 0. The van der Waals surface area contributed by atoms with E-state index in [-0.39, 0.29) is 17.3 Å². The molecule has 150 valence electrons. The van der Waals surface area contributed by atoms with E-state index in [1.54, 1.807) is 60.6 Å². The number of carbonyl (C=O) groups is 1. The Kier molecular flexibility index (Phi) is 5.21. The standard InChI is InChI=1S/C21H21N3O4S/c1-15-2-4-19(28-15)13-23-29(26,27)20-5-3-16-8-11-24(14-18(16)12-20)21(25)17-6-9-22-10-7-17/h2-7,9-10,12,23H,8,11,13-14H2,1H3. The lowest BCUT2D eigenvalue weighted by Gasteiger charge is -2.29. The van der Waals surface area contributed by atoms with Gasteiger partial charge in [-0.2, -0.15) is 0 Å². The SMILES string of the molecule is Cc1ccc(CNS(=O)(=O)c2ccc3c(c2)CN(C(=O)c2ccncc2)CC3)o1. The third kappa shape index (κ3) is 4.23. The summed E-state index contributed by atoms with van der Waals surface area (Å²) in [6, 6.07) is 12.0. The second-order valence-corrected chi connectivity index (χ2v) is 8.75. The van der Waals surface area contributed by atoms with Crippen molar-refractivity contribution in [3.8, 4) is 0 Å². The maximum absolute atomic E-state index is 12.7. The highest BCUT2D eigenvalue weighted by Crippen LogP contribution is 2.24. The summed E-state index contributed by atoms with van der Waals surface area (Å²) in [6.45, 7) is 2.86. The van der Waals surface area contributed by atoms with Gasteiger partial charge in [-0.15, -0.1) is 0 Å². The monoisotopic (exact) mass is 411 g/mol. The molecule has 0 unspecified atom stereocenters. The summed E-state index contributed by atoms with van der Waals surface area (Å²) in [5.41, 5.74) is 2.47. The Morgan fingerprint density at radius 2 is 1.93 bits per heavy atom. The van der Waals surface area contributed by atoms with Crippen LogP contribution in [0.3, 0.4) is 0 Å². The molecule has 0 saturated heterocycles. The van der Waals surface area contributed by atoms with Crippen LogP contribution in [0.4, 0.5) is 0 Å². The molecule has 1 aliphatic rings. The van der Waals surface area contributed by atoms with E-state index >= 15 is 0 Å². The van der Waals surface area contributed by atoms with E-state index in [0.29, 0.717) is 30.8 Å². The molecule has 1 aliphatic heterocycles. The first-order valence-corrected chi connectivity index (χ1v) is 10.8. The van der Waals surface area contributed by atoms with Gasteiger partial charge in [-0.25, -0.2) is 13.1 Å². The molecule has 8 heteroatoms. The Labute approximate surface area is 169 Å². The first-order chi connectivity index (χ1) is 13.9. The van der Waals surface area contributed by atoms with Crippen LogP contribution in [0, 0.1) is 6.92 Å². The van der Waals surface area contributed by atoms with Gasteiger partial charge in [0.1, 0.15) is 11.5 Å². The third-order valence-electron chi connectivity index (χ3n) is 4.95. The lowest BCUT2D eigenvalue weighted by Crippen LogP contribution is -2.36. The number of amides is 1. The van der Waals surface area contributed by atoms with Crippen molar-refractivity contribution in [2.24, 2.45) is 0 Å². The zero-order valence-corrected chi connectivity index (χ0v) is 16.8. The number of hydrogen-bond donors (Lipinski definition) is 1. The minimum absolute atomic E-state index is 0.0832. The average Bonchev–Trinajstić information content (AvgIpc) is 3.17. The van der Waals surface area contributed by atoms with Crippen LogP contribution in [0.5, 0.6) is 0 Å². The van der Waals surface area contributed by atoms with E-state index in [0.717, 1.165) is 16.9 Å². The van der Waals surface area contributed by atoms with Gasteiger partial charge in [0.2, 0.25) is 10.0 Å². The lowest BCUT2D eigenvalue weighted by atomic mass is 9.99. The van der Waals surface area contributed by atoms with Gasteiger partial charge in [0.15, 0.2) is 0 Å². The van der Waals surface area contributed by atoms with Crippen LogP contribution in [0.25, 0.3) is 0 Å². The predicted octanol–water partition coefficient (Wildman–Crippen LogP) is 2.66. The Bertz CT molecular complexity index is 1140. The fourth-order valence-corrected chi connectivity index (χ4v) is 4.42. The second-order valence-electron chi connectivity index (χ2n) is 6.98. The van der Waals surface area contributed by atoms with Gasteiger partial charge in [0, 0.05) is 31.0 Å². The topological polar surface area (TPSA) is 92.5 Å². The summed E-state index contributed by atoms with van der Waals surface area (Å²) in [4.78, 5) is 18.6. The number of aromatic nitrogens is 1. The van der Waals surface area contributed by atoms with E-state index in [2.05, 4.69) is 9.71 Å². The summed E-state index contributed by atoms with van der Waals surface area (Å²) in [6.07, 6.45) is 3.86. The number of nitrogens with one attached hydrogen (secondary N) is 1.